The summed E-state index contributed by atoms with van der Waals surface area (Å²) in [5, 5.41) is 2.21. The summed E-state index contributed by atoms with van der Waals surface area (Å²) in [5.74, 6) is 1.50. The number of piperazine rings is 1. The van der Waals surface area contributed by atoms with Crippen LogP contribution in [-0.4, -0.2) is 72.6 Å². The minimum atomic E-state index is -4.96. The van der Waals surface area contributed by atoms with Crippen molar-refractivity contribution in [3.05, 3.63) is 41.0 Å². The van der Waals surface area contributed by atoms with E-state index in [2.05, 4.69) is 35.0 Å². The third-order valence-corrected chi connectivity index (χ3v) is 8.90. The van der Waals surface area contributed by atoms with Crippen LogP contribution in [0, 0.1) is 17.3 Å². The molecule has 2 bridgehead atoms. The summed E-state index contributed by atoms with van der Waals surface area (Å²) >= 11 is 0. The third-order valence-electron chi connectivity index (χ3n) is 8.90. The summed E-state index contributed by atoms with van der Waals surface area (Å²) in [6.45, 7) is 10.1. The van der Waals surface area contributed by atoms with Gasteiger partial charge in [-0.1, -0.05) is 25.5 Å². The van der Waals surface area contributed by atoms with Crippen molar-refractivity contribution in [3.8, 4) is 0 Å². The molecule has 1 aromatic carbocycles. The summed E-state index contributed by atoms with van der Waals surface area (Å²) in [4.78, 5) is 18.7. The number of hydrogen-bond donors (Lipinski definition) is 1. The molecule has 0 aromatic heterocycles. The molecule has 5 nitrogen and oxygen atoms in total. The molecule has 11 heteroatoms. The summed E-state index contributed by atoms with van der Waals surface area (Å²) < 4.78 is 78.5. The first-order chi connectivity index (χ1) is 17.2. The van der Waals surface area contributed by atoms with Crippen LogP contribution in [0.25, 0.3) is 0 Å². The number of allylic oxidation sites excluding steroid dienone is 1. The molecule has 204 valence electrons. The van der Waals surface area contributed by atoms with E-state index >= 15 is 0 Å². The molecular weight excluding hydrogens is 498 g/mol. The van der Waals surface area contributed by atoms with E-state index in [0.717, 1.165) is 38.6 Å². The Morgan fingerprint density at radius 3 is 2.08 bits per heavy atom. The number of amides is 2. The van der Waals surface area contributed by atoms with Gasteiger partial charge in [0.2, 0.25) is 0 Å². The Labute approximate surface area is 212 Å². The van der Waals surface area contributed by atoms with Crippen LogP contribution < -0.4 is 5.32 Å². The van der Waals surface area contributed by atoms with Gasteiger partial charge in [0.15, 0.2) is 0 Å². The molecule has 0 unspecified atom stereocenters. The summed E-state index contributed by atoms with van der Waals surface area (Å²) in [7, 11) is 0. The van der Waals surface area contributed by atoms with Gasteiger partial charge < -0.3 is 10.2 Å². The first kappa shape index (κ1) is 26.3. The zero-order valence-electron chi connectivity index (χ0n) is 20.9. The number of carbonyl (C=O) groups excluding carboxylic acids is 1. The maximum absolute atomic E-state index is 13.1. The second kappa shape index (κ2) is 9.18. The van der Waals surface area contributed by atoms with Gasteiger partial charge in [-0.05, 0) is 48.3 Å². The van der Waals surface area contributed by atoms with Gasteiger partial charge in [-0.2, -0.15) is 26.3 Å². The number of benzene rings is 1. The van der Waals surface area contributed by atoms with Crippen molar-refractivity contribution >= 4 is 11.7 Å². The van der Waals surface area contributed by atoms with Crippen LogP contribution in [0.3, 0.4) is 0 Å². The fraction of sp³-hybridized carbons (Fsp3) is 0.654. The molecule has 5 aliphatic rings. The molecule has 2 heterocycles. The standard InChI is InChI=1S/C26H32F6N4O/c1-24(2)17-4-3-16(22(24)12-17)13-34-5-7-35(8-6-34)21-14-36(15-21)23(37)33-20-10-18(25(27,28)29)9-19(11-20)26(30,31)32/h3,9-11,17,21-22H,4-8,12-15H2,1-2H3,(H,33,37)/t17-,22-/m1/s1. The summed E-state index contributed by atoms with van der Waals surface area (Å²) in [5.41, 5.74) is -1.47. The van der Waals surface area contributed by atoms with Crippen molar-refractivity contribution in [3.63, 3.8) is 0 Å². The predicted octanol–water partition coefficient (Wildman–Crippen LogP) is 5.55. The topological polar surface area (TPSA) is 38.8 Å². The molecule has 3 fully saturated rings. The number of alkyl halides is 6. The number of anilines is 1. The Morgan fingerprint density at radius 2 is 1.57 bits per heavy atom. The molecule has 0 radical (unpaired) electrons. The van der Waals surface area contributed by atoms with Crippen molar-refractivity contribution < 1.29 is 31.1 Å². The number of nitrogens with zero attached hydrogens (tertiary/aromatic N) is 3. The van der Waals surface area contributed by atoms with Gasteiger partial charge in [0.05, 0.1) is 11.1 Å². The molecule has 2 saturated heterocycles. The van der Waals surface area contributed by atoms with Crippen LogP contribution in [-0.2, 0) is 12.4 Å². The Morgan fingerprint density at radius 1 is 0.973 bits per heavy atom. The predicted molar refractivity (Wildman–Crippen MR) is 127 cm³/mol. The minimum Gasteiger partial charge on any atom is -0.321 e. The Kier molecular flexibility index (Phi) is 6.54. The molecule has 37 heavy (non-hydrogen) atoms. The van der Waals surface area contributed by atoms with E-state index in [1.807, 2.05) is 0 Å². The molecule has 6 rings (SSSR count). The van der Waals surface area contributed by atoms with Crippen LogP contribution >= 0.6 is 0 Å². The number of halogens is 6. The number of carbonyl (C=O) groups is 1. The van der Waals surface area contributed by atoms with Crippen LogP contribution in [0.5, 0.6) is 0 Å². The van der Waals surface area contributed by atoms with E-state index in [0.29, 0.717) is 36.6 Å². The van der Waals surface area contributed by atoms with Crippen LogP contribution in [0.1, 0.15) is 37.8 Å². The van der Waals surface area contributed by atoms with Crippen LogP contribution in [0.15, 0.2) is 29.8 Å². The van der Waals surface area contributed by atoms with Gasteiger partial charge in [0.1, 0.15) is 0 Å². The lowest BCUT2D eigenvalue weighted by atomic mass is 9.49. The first-order valence-corrected chi connectivity index (χ1v) is 12.7. The number of likely N-dealkylation sites (tertiary alicyclic amines) is 1. The average molecular weight is 531 g/mol. The number of nitrogens with one attached hydrogen (secondary N) is 1. The highest BCUT2D eigenvalue weighted by atomic mass is 19.4. The first-order valence-electron chi connectivity index (χ1n) is 12.7. The monoisotopic (exact) mass is 530 g/mol. The molecule has 1 saturated carbocycles. The second-order valence-electron chi connectivity index (χ2n) is 11.4. The number of rotatable bonds is 4. The lowest BCUT2D eigenvalue weighted by Gasteiger charge is -2.57. The Hall–Kier alpha value is -2.27. The molecule has 2 amide bonds. The molecule has 1 aromatic rings. The van der Waals surface area contributed by atoms with Gasteiger partial charge in [0.25, 0.3) is 0 Å². The van der Waals surface area contributed by atoms with Crippen LogP contribution in [0.4, 0.5) is 36.8 Å². The molecule has 2 atom stereocenters. The Bertz CT molecular complexity index is 1040. The lowest BCUT2D eigenvalue weighted by molar-refractivity contribution is -0.143. The van der Waals surface area contributed by atoms with Gasteiger partial charge in [-0.25, -0.2) is 4.79 Å². The van der Waals surface area contributed by atoms with E-state index < -0.39 is 35.2 Å². The van der Waals surface area contributed by atoms with Gasteiger partial charge in [0, 0.05) is 57.5 Å². The fourth-order valence-electron chi connectivity index (χ4n) is 6.28. The van der Waals surface area contributed by atoms with Crippen molar-refractivity contribution in [2.24, 2.45) is 17.3 Å². The zero-order chi connectivity index (χ0) is 26.8. The zero-order valence-corrected chi connectivity index (χ0v) is 20.9. The van der Waals surface area contributed by atoms with Crippen LogP contribution in [0.2, 0.25) is 0 Å². The number of hydrogen-bond acceptors (Lipinski definition) is 3. The lowest BCUT2D eigenvalue weighted by Crippen LogP contribution is -2.65. The highest BCUT2D eigenvalue weighted by molar-refractivity contribution is 5.90. The van der Waals surface area contributed by atoms with Crippen molar-refractivity contribution in [1.29, 1.82) is 0 Å². The highest BCUT2D eigenvalue weighted by Gasteiger charge is 2.51. The maximum Gasteiger partial charge on any atom is 0.416 e. The number of urea groups is 1. The largest absolute Gasteiger partial charge is 0.416 e. The highest BCUT2D eigenvalue weighted by Crippen LogP contribution is 2.59. The quantitative estimate of drug-likeness (QED) is 0.410. The fourth-order valence-corrected chi connectivity index (χ4v) is 6.28. The molecule has 2 aliphatic heterocycles. The average Bonchev–Trinajstić information content (AvgIpc) is 2.78. The molecule has 1 N–H and O–H groups in total. The minimum absolute atomic E-state index is 0.0452. The van der Waals surface area contributed by atoms with Crippen molar-refractivity contribution in [2.75, 3.05) is 51.1 Å². The SMILES string of the molecule is CC1(C)[C@@H]2CC=C(CN3CCN(C4CN(C(=O)Nc5cc(C(F)(F)F)cc(C(F)(F)F)c5)C4)CC3)[C@H]1C2. The maximum atomic E-state index is 13.1. The van der Waals surface area contributed by atoms with Gasteiger partial charge in [-0.15, -0.1) is 0 Å². The summed E-state index contributed by atoms with van der Waals surface area (Å²) in [6.07, 6.45) is -5.02. The van der Waals surface area contributed by atoms with Crippen molar-refractivity contribution in [2.45, 2.75) is 45.1 Å². The van der Waals surface area contributed by atoms with E-state index in [-0.39, 0.29) is 12.1 Å². The van der Waals surface area contributed by atoms with E-state index in [4.69, 9.17) is 0 Å². The molecule has 0 spiro atoms. The summed E-state index contributed by atoms with van der Waals surface area (Å²) in [6, 6.07) is 0.532. The van der Waals surface area contributed by atoms with E-state index in [1.165, 1.54) is 17.7 Å². The smallest absolute Gasteiger partial charge is 0.321 e. The second-order valence-corrected chi connectivity index (χ2v) is 11.4. The van der Waals surface area contributed by atoms with Gasteiger partial charge >= 0.3 is 18.4 Å². The van der Waals surface area contributed by atoms with Gasteiger partial charge in [-0.3, -0.25) is 9.80 Å². The van der Waals surface area contributed by atoms with E-state index in [9.17, 15) is 31.1 Å². The Balaban J connectivity index is 1.11. The van der Waals surface area contributed by atoms with Crippen molar-refractivity contribution in [1.82, 2.24) is 14.7 Å². The van der Waals surface area contributed by atoms with E-state index in [1.54, 1.807) is 5.57 Å². The molecule has 3 aliphatic carbocycles. The number of fused-ring (bicyclic) bond motifs is 1. The molecular formula is C26H32F6N4O. The third kappa shape index (κ3) is 5.21. The normalized spacial score (nSPS) is 26.8.